The van der Waals surface area contributed by atoms with E-state index >= 15 is 0 Å². The fourth-order valence-corrected chi connectivity index (χ4v) is 2.27. The topological polar surface area (TPSA) is 146 Å². The lowest BCUT2D eigenvalue weighted by atomic mass is 10.2. The molecule has 0 bridgehead atoms. The van der Waals surface area contributed by atoms with E-state index < -0.39 is 11.7 Å². The molecule has 0 amide bonds. The van der Waals surface area contributed by atoms with Gasteiger partial charge in [0.1, 0.15) is 11.5 Å². The average Bonchev–Trinajstić information content (AvgIpc) is 3.13. The summed E-state index contributed by atoms with van der Waals surface area (Å²) in [6, 6.07) is 3.51. The van der Waals surface area contributed by atoms with E-state index in [9.17, 15) is 9.60 Å². The minimum Gasteiger partial charge on any atom is -0.356 e. The summed E-state index contributed by atoms with van der Waals surface area (Å²) in [5, 5.41) is 39.8. The molecule has 2 rings (SSSR count). The van der Waals surface area contributed by atoms with Gasteiger partial charge >= 0.3 is 0 Å². The minimum atomic E-state index is -0.641. The van der Waals surface area contributed by atoms with Gasteiger partial charge in [-0.15, -0.1) is 0 Å². The standard InChI is InChI=1S/C15H16ClFN8O2/c1-20-15(22-8-18)21-6-2-3-12-13(24-27-23-12)14(19)25(26)9-4-5-11(17)10(16)7-9/h4-5,7,19,26H,2-3,6H2,1H3,(H2,20,21,22). The van der Waals surface area contributed by atoms with Crippen molar-refractivity contribution in [1.82, 2.24) is 20.9 Å². The highest BCUT2D eigenvalue weighted by Gasteiger charge is 2.21. The van der Waals surface area contributed by atoms with Crippen molar-refractivity contribution >= 4 is 29.1 Å². The number of hydrogen-bond acceptors (Lipinski definition) is 7. The first-order valence-electron chi connectivity index (χ1n) is 7.68. The number of nitrogens with one attached hydrogen (secondary N) is 3. The Morgan fingerprint density at radius 1 is 1.52 bits per heavy atom. The number of nitrogens with zero attached hydrogens (tertiary/aromatic N) is 5. The normalized spacial score (nSPS) is 11.0. The summed E-state index contributed by atoms with van der Waals surface area (Å²) in [4.78, 5) is 3.84. The van der Waals surface area contributed by atoms with Gasteiger partial charge in [-0.05, 0) is 36.2 Å². The number of anilines is 1. The van der Waals surface area contributed by atoms with Gasteiger partial charge in [0.2, 0.25) is 5.96 Å². The molecule has 0 atom stereocenters. The lowest BCUT2D eigenvalue weighted by Gasteiger charge is -2.16. The molecule has 1 aromatic heterocycles. The van der Waals surface area contributed by atoms with Crippen LogP contribution in [0.2, 0.25) is 5.02 Å². The summed E-state index contributed by atoms with van der Waals surface area (Å²) >= 11 is 5.69. The Bertz CT molecular complexity index is 879. The van der Waals surface area contributed by atoms with Crippen LogP contribution in [0.25, 0.3) is 0 Å². The van der Waals surface area contributed by atoms with Gasteiger partial charge < -0.3 is 5.32 Å². The molecule has 0 radical (unpaired) electrons. The van der Waals surface area contributed by atoms with E-state index in [1.54, 1.807) is 6.19 Å². The molecule has 0 aliphatic rings. The number of aryl methyl sites for hydroxylation is 1. The summed E-state index contributed by atoms with van der Waals surface area (Å²) in [5.41, 5.74) is 0.489. The van der Waals surface area contributed by atoms with Crippen molar-refractivity contribution in [3.05, 3.63) is 40.4 Å². The van der Waals surface area contributed by atoms with Crippen molar-refractivity contribution in [3.8, 4) is 6.19 Å². The third-order valence-corrected chi connectivity index (χ3v) is 3.71. The fraction of sp³-hybridized carbons (Fsp3) is 0.267. The molecule has 1 heterocycles. The van der Waals surface area contributed by atoms with Gasteiger partial charge in [0.15, 0.2) is 17.7 Å². The minimum absolute atomic E-state index is 0.0393. The first-order chi connectivity index (χ1) is 13.0. The molecule has 1 aromatic carbocycles. The highest BCUT2D eigenvalue weighted by atomic mass is 35.5. The van der Waals surface area contributed by atoms with Crippen LogP contribution in [0.4, 0.5) is 10.1 Å². The molecule has 142 valence electrons. The predicted octanol–water partition coefficient (Wildman–Crippen LogP) is 1.66. The maximum atomic E-state index is 13.2. The lowest BCUT2D eigenvalue weighted by molar-refractivity contribution is 0.297. The molecular weight excluding hydrogens is 379 g/mol. The summed E-state index contributed by atoms with van der Waals surface area (Å²) < 4.78 is 17.9. The van der Waals surface area contributed by atoms with Gasteiger partial charge in [0.05, 0.1) is 10.7 Å². The second-order valence-electron chi connectivity index (χ2n) is 5.16. The number of aliphatic imine (C=N–C) groups is 1. The summed E-state index contributed by atoms with van der Waals surface area (Å²) in [5.74, 6) is -0.708. The molecule has 10 nitrogen and oxygen atoms in total. The molecule has 27 heavy (non-hydrogen) atoms. The quantitative estimate of drug-likeness (QED) is 0.144. The molecule has 2 aromatic rings. The molecule has 0 saturated heterocycles. The van der Waals surface area contributed by atoms with Crippen molar-refractivity contribution < 1.29 is 14.2 Å². The summed E-state index contributed by atoms with van der Waals surface area (Å²) in [7, 11) is 1.53. The van der Waals surface area contributed by atoms with Crippen LogP contribution in [-0.2, 0) is 6.42 Å². The van der Waals surface area contributed by atoms with Crippen LogP contribution in [0.15, 0.2) is 27.8 Å². The smallest absolute Gasteiger partial charge is 0.204 e. The number of nitriles is 1. The van der Waals surface area contributed by atoms with E-state index in [1.807, 2.05) is 0 Å². The molecule has 0 spiro atoms. The van der Waals surface area contributed by atoms with Crippen LogP contribution in [-0.4, -0.2) is 40.9 Å². The van der Waals surface area contributed by atoms with Crippen LogP contribution >= 0.6 is 11.6 Å². The monoisotopic (exact) mass is 394 g/mol. The Morgan fingerprint density at radius 3 is 2.96 bits per heavy atom. The number of hydroxylamine groups is 1. The zero-order valence-corrected chi connectivity index (χ0v) is 15.0. The number of halogens is 2. The van der Waals surface area contributed by atoms with E-state index in [0.717, 1.165) is 6.07 Å². The number of hydrogen-bond donors (Lipinski definition) is 4. The van der Waals surface area contributed by atoms with Crippen molar-refractivity contribution in [2.24, 2.45) is 4.99 Å². The van der Waals surface area contributed by atoms with E-state index in [0.29, 0.717) is 36.1 Å². The number of aromatic nitrogens is 2. The van der Waals surface area contributed by atoms with E-state index in [4.69, 9.17) is 22.3 Å². The fourth-order valence-electron chi connectivity index (χ4n) is 2.09. The Kier molecular flexibility index (Phi) is 7.04. The van der Waals surface area contributed by atoms with Gasteiger partial charge in [-0.1, -0.05) is 16.8 Å². The van der Waals surface area contributed by atoms with Crippen molar-refractivity contribution in [2.45, 2.75) is 12.8 Å². The van der Waals surface area contributed by atoms with E-state index in [2.05, 4.69) is 30.6 Å². The van der Waals surface area contributed by atoms with Crippen LogP contribution in [0.1, 0.15) is 17.8 Å². The van der Waals surface area contributed by atoms with Gasteiger partial charge in [-0.2, -0.15) is 5.26 Å². The third kappa shape index (κ3) is 5.13. The van der Waals surface area contributed by atoms with Crippen LogP contribution in [0.3, 0.4) is 0 Å². The second-order valence-corrected chi connectivity index (χ2v) is 5.56. The highest BCUT2D eigenvalue weighted by molar-refractivity contribution is 6.31. The highest BCUT2D eigenvalue weighted by Crippen LogP contribution is 2.23. The van der Waals surface area contributed by atoms with E-state index in [-0.39, 0.29) is 16.4 Å². The van der Waals surface area contributed by atoms with Crippen molar-refractivity contribution in [3.63, 3.8) is 0 Å². The number of guanidine groups is 1. The molecule has 0 unspecified atom stereocenters. The summed E-state index contributed by atoms with van der Waals surface area (Å²) in [6.07, 6.45) is 2.71. The van der Waals surface area contributed by atoms with Crippen LogP contribution in [0, 0.1) is 22.7 Å². The molecule has 0 aliphatic carbocycles. The van der Waals surface area contributed by atoms with Gasteiger partial charge in [0, 0.05) is 13.6 Å². The molecule has 0 fully saturated rings. The largest absolute Gasteiger partial charge is 0.356 e. The molecular formula is C15H16ClFN8O2. The van der Waals surface area contributed by atoms with Gasteiger partial charge in [-0.25, -0.2) is 14.1 Å². The number of rotatable bonds is 6. The van der Waals surface area contributed by atoms with Crippen molar-refractivity contribution in [1.29, 1.82) is 10.7 Å². The Balaban J connectivity index is 1.99. The average molecular weight is 395 g/mol. The first kappa shape index (κ1) is 20.1. The second kappa shape index (κ2) is 9.46. The van der Waals surface area contributed by atoms with Crippen molar-refractivity contribution in [2.75, 3.05) is 18.7 Å². The number of amidine groups is 1. The van der Waals surface area contributed by atoms with E-state index in [1.165, 1.54) is 19.2 Å². The number of benzene rings is 1. The van der Waals surface area contributed by atoms with Crippen LogP contribution < -0.4 is 15.7 Å². The van der Waals surface area contributed by atoms with Gasteiger partial charge in [-0.3, -0.25) is 20.9 Å². The molecule has 12 heteroatoms. The Labute approximate surface area is 158 Å². The SMILES string of the molecule is CN=C(NC#N)NCCCc1nonc1C(=N)N(O)c1ccc(F)c(Cl)c1. The lowest BCUT2D eigenvalue weighted by Crippen LogP contribution is -2.35. The molecule has 4 N–H and O–H groups in total. The van der Waals surface area contributed by atoms with Gasteiger partial charge in [0.25, 0.3) is 0 Å². The maximum absolute atomic E-state index is 13.2. The first-order valence-corrected chi connectivity index (χ1v) is 8.06. The Hall–Kier alpha value is -3.23. The molecule has 0 aliphatic heterocycles. The zero-order chi connectivity index (χ0) is 19.8. The Morgan fingerprint density at radius 2 is 2.30 bits per heavy atom. The zero-order valence-electron chi connectivity index (χ0n) is 14.2. The third-order valence-electron chi connectivity index (χ3n) is 3.42. The molecule has 0 saturated carbocycles. The maximum Gasteiger partial charge on any atom is 0.204 e. The summed E-state index contributed by atoms with van der Waals surface area (Å²) in [6.45, 7) is 0.470. The predicted molar refractivity (Wildman–Crippen MR) is 95.2 cm³/mol. The van der Waals surface area contributed by atoms with Crippen LogP contribution in [0.5, 0.6) is 0 Å².